The van der Waals surface area contributed by atoms with Gasteiger partial charge in [0.1, 0.15) is 0 Å². The van der Waals surface area contributed by atoms with Crippen molar-refractivity contribution in [1.29, 1.82) is 0 Å². The first-order valence-electron chi connectivity index (χ1n) is 53.9. The molecule has 19 aromatic rings. The molecule has 0 saturated heterocycles. The minimum atomic E-state index is -0.0849. The van der Waals surface area contributed by atoms with Gasteiger partial charge >= 0.3 is 0 Å². The average Bonchev–Trinajstić information content (AvgIpc) is 1.53. The number of fused-ring (bicyclic) bond motifs is 21. The largest absolute Gasteiger partial charge is 0.310 e. The van der Waals surface area contributed by atoms with Crippen LogP contribution in [0.15, 0.2) is 382 Å². The first-order chi connectivity index (χ1) is 70.3. The molecule has 36 rings (SSSR count). The SMILES string of the molecule is CC1(C)c2ccccc2-c2ccc(N(c3ccc(-c4ccc5c(c4)sc4ccccc45)cc3)c3cccc4c3-c3ccccc3C43C4CC5CC(C4)CC3C5)cc21.CC1(C)c2ccccc2-c2ccc(N(c3ccc4sc5ccccc5c4c3)c3cccc4c3-c3ccccc3C43C4CC5CC(C4)CC3C5)cc21.c1ccc(N(c2ccccc2)c2cccc3c2-c2ccccc2C32C3CC4CC(C3)CC2C4)cc1. The summed E-state index contributed by atoms with van der Waals surface area (Å²) < 4.78 is 5.40. The number of rotatable bonds is 10. The van der Waals surface area contributed by atoms with Crippen molar-refractivity contribution in [2.24, 2.45) is 71.0 Å². The van der Waals surface area contributed by atoms with E-state index >= 15 is 0 Å². The lowest BCUT2D eigenvalue weighted by Crippen LogP contribution is -2.55. The van der Waals surface area contributed by atoms with E-state index in [1.807, 2.05) is 22.7 Å². The van der Waals surface area contributed by atoms with Gasteiger partial charge in [0.2, 0.25) is 0 Å². The predicted molar refractivity (Wildman–Crippen MR) is 600 cm³/mol. The molecule has 17 aliphatic rings. The molecule has 12 saturated carbocycles. The minimum Gasteiger partial charge on any atom is -0.310 e. The summed E-state index contributed by atoms with van der Waals surface area (Å²) in [5, 5.41) is 5.39. The lowest BCUT2D eigenvalue weighted by atomic mass is 9.43. The molecule has 2 heterocycles. The molecule has 143 heavy (non-hydrogen) atoms. The van der Waals surface area contributed by atoms with Gasteiger partial charge < -0.3 is 14.7 Å². The predicted octanol–water partition coefficient (Wildman–Crippen LogP) is 37.7. The fraction of sp³-hybridized carbons (Fsp3) is 0.261. The molecule has 12 fully saturated rings. The van der Waals surface area contributed by atoms with E-state index in [1.165, 1.54) is 277 Å². The molecule has 3 spiro atoms. The summed E-state index contributed by atoms with van der Waals surface area (Å²) in [6, 6.07) is 146. The van der Waals surface area contributed by atoms with E-state index in [0.717, 1.165) is 71.0 Å². The first-order valence-corrected chi connectivity index (χ1v) is 55.6. The van der Waals surface area contributed by atoms with Gasteiger partial charge in [-0.15, -0.1) is 22.7 Å². The van der Waals surface area contributed by atoms with Gasteiger partial charge in [-0.05, 0) is 388 Å². The molecule has 17 aliphatic carbocycles. The van der Waals surface area contributed by atoms with Crippen LogP contribution < -0.4 is 14.7 Å². The third-order valence-corrected chi connectivity index (χ3v) is 41.8. The second-order valence-corrected chi connectivity index (χ2v) is 49.0. The Bertz CT molecular complexity index is 8360. The number of para-hydroxylation sites is 2. The van der Waals surface area contributed by atoms with Gasteiger partial charge in [0.15, 0.2) is 0 Å². The van der Waals surface area contributed by atoms with Gasteiger partial charge in [0.05, 0.1) is 17.1 Å². The van der Waals surface area contributed by atoms with Crippen molar-refractivity contribution < 1.29 is 0 Å². The Labute approximate surface area is 849 Å². The topological polar surface area (TPSA) is 9.72 Å². The van der Waals surface area contributed by atoms with Crippen LogP contribution in [-0.4, -0.2) is 0 Å². The Hall–Kier alpha value is -13.4. The molecular formula is C138H117N3S2. The van der Waals surface area contributed by atoms with Crippen molar-refractivity contribution >= 4 is 114 Å². The van der Waals surface area contributed by atoms with Crippen molar-refractivity contribution in [3.63, 3.8) is 0 Å². The van der Waals surface area contributed by atoms with Crippen LogP contribution in [0.2, 0.25) is 0 Å². The number of benzene rings is 17. The van der Waals surface area contributed by atoms with E-state index < -0.39 is 0 Å². The highest BCUT2D eigenvalue weighted by atomic mass is 32.1. The van der Waals surface area contributed by atoms with E-state index in [9.17, 15) is 0 Å². The molecule has 5 heteroatoms. The zero-order chi connectivity index (χ0) is 94.2. The summed E-state index contributed by atoms with van der Waals surface area (Å²) in [6.07, 6.45) is 21.3. The first kappa shape index (κ1) is 84.1. The summed E-state index contributed by atoms with van der Waals surface area (Å²) in [5.74, 6) is 10.2. The maximum atomic E-state index is 2.62. The molecule has 0 radical (unpaired) electrons. The van der Waals surface area contributed by atoms with Crippen LogP contribution in [0.1, 0.15) is 180 Å². The highest BCUT2D eigenvalue weighted by Crippen LogP contribution is 2.75. The molecule has 0 aliphatic heterocycles. The van der Waals surface area contributed by atoms with E-state index in [0.29, 0.717) is 0 Å². The molecule has 17 aromatic carbocycles. The third-order valence-electron chi connectivity index (χ3n) is 39.5. The second kappa shape index (κ2) is 31.3. The van der Waals surface area contributed by atoms with Gasteiger partial charge in [-0.2, -0.15) is 0 Å². The molecule has 0 atom stereocenters. The van der Waals surface area contributed by atoms with Crippen LogP contribution in [-0.2, 0) is 27.1 Å². The van der Waals surface area contributed by atoms with Gasteiger partial charge in [-0.25, -0.2) is 0 Å². The molecule has 0 amide bonds. The highest BCUT2D eigenvalue weighted by molar-refractivity contribution is 7.26. The summed E-state index contributed by atoms with van der Waals surface area (Å²) in [7, 11) is 0. The molecule has 3 nitrogen and oxygen atoms in total. The van der Waals surface area contributed by atoms with Gasteiger partial charge in [-0.1, -0.05) is 295 Å². The van der Waals surface area contributed by atoms with Crippen LogP contribution in [0.3, 0.4) is 0 Å². The lowest BCUT2D eigenvalue weighted by molar-refractivity contribution is -0.0399. The minimum absolute atomic E-state index is 0.0726. The third kappa shape index (κ3) is 11.9. The summed E-state index contributed by atoms with van der Waals surface area (Å²) in [5.41, 5.74) is 43.7. The quantitative estimate of drug-likeness (QED) is 0.135. The number of nitrogens with zero attached hydrogens (tertiary/aromatic N) is 3. The summed E-state index contributed by atoms with van der Waals surface area (Å²) in [6.45, 7) is 9.62. The zero-order valence-electron chi connectivity index (χ0n) is 82.1. The summed E-state index contributed by atoms with van der Waals surface area (Å²) >= 11 is 3.80. The Kier molecular flexibility index (Phi) is 18.4. The molecule has 0 N–H and O–H groups in total. The van der Waals surface area contributed by atoms with Gasteiger partial charge in [0.25, 0.3) is 0 Å². The Morgan fingerprint density at radius 3 is 0.895 bits per heavy atom. The highest BCUT2D eigenvalue weighted by Gasteiger charge is 2.66. The maximum absolute atomic E-state index is 2.62. The number of thiophene rings is 2. The van der Waals surface area contributed by atoms with Crippen LogP contribution >= 0.6 is 22.7 Å². The van der Waals surface area contributed by atoms with Gasteiger partial charge in [0, 0.05) is 118 Å². The number of hydrogen-bond acceptors (Lipinski definition) is 5. The maximum Gasteiger partial charge on any atom is 0.0543 e. The normalized spacial score (nSPS) is 26.0. The fourth-order valence-electron chi connectivity index (χ4n) is 34.8. The van der Waals surface area contributed by atoms with Crippen molar-refractivity contribution in [3.8, 4) is 66.8 Å². The van der Waals surface area contributed by atoms with E-state index in [1.54, 1.807) is 33.4 Å². The van der Waals surface area contributed by atoms with Crippen molar-refractivity contribution in [1.82, 2.24) is 0 Å². The summed E-state index contributed by atoms with van der Waals surface area (Å²) in [4.78, 5) is 7.70. The zero-order valence-corrected chi connectivity index (χ0v) is 83.7. The number of anilines is 9. The van der Waals surface area contributed by atoms with E-state index in [-0.39, 0.29) is 27.1 Å². The van der Waals surface area contributed by atoms with E-state index in [2.05, 4.69) is 425 Å². The second-order valence-electron chi connectivity index (χ2n) is 46.9. The Morgan fingerprint density at radius 1 is 0.189 bits per heavy atom. The van der Waals surface area contributed by atoms with Crippen LogP contribution in [0.5, 0.6) is 0 Å². The Balaban J connectivity index is 0.000000101. The molecule has 12 bridgehead atoms. The van der Waals surface area contributed by atoms with Crippen molar-refractivity contribution in [2.75, 3.05) is 14.7 Å². The lowest BCUT2D eigenvalue weighted by Gasteiger charge is -2.61. The Morgan fingerprint density at radius 2 is 0.476 bits per heavy atom. The fourth-order valence-corrected chi connectivity index (χ4v) is 37.0. The van der Waals surface area contributed by atoms with Crippen LogP contribution in [0.4, 0.5) is 51.2 Å². The van der Waals surface area contributed by atoms with Crippen LogP contribution in [0, 0.1) is 71.0 Å². The monoisotopic (exact) mass is 1880 g/mol. The van der Waals surface area contributed by atoms with E-state index in [4.69, 9.17) is 0 Å². The van der Waals surface area contributed by atoms with Crippen molar-refractivity contribution in [3.05, 3.63) is 438 Å². The molecular weight excluding hydrogens is 1760 g/mol. The standard InChI is InChI=1S/C55H45NS.C49H41NS.C34H31N/c1-54(2)46-13-6-3-10-41(46)42-25-23-40(32-49(42)54)56(39-21-18-35(19-22-39)36-20-24-44-43-11-5-8-17-51(43)57-52(44)31-36)50-16-9-15-48-53(50)45-12-4-7-14-47(45)55(48)37-27-33-26-34(29-37)30-38(55)28-33;1-48(2)40-13-6-3-10-35(40)36-20-18-34(28-43(36)48)50(33-19-21-46-39(27-33)37-11-5-8-17-45(37)51-46)44-16-9-15-42-47(44)38-12-4-7-14-41(38)49(42)31-23-29-22-30(25-31)26-32(49)24-29;1-3-10-27(11-4-1)35(28-12-5-2-6-13-28)32-17-9-16-31-33(32)29-14-7-8-15-30(29)34(31)25-19-23-18-24(21-25)22-26(34)20-23/h3-25,31-34,37-38H,26-30H2,1-2H3;3-21,27-32H,22-26H2,1-2H3;1-17,23-26H,18-22H2. The average molecular weight is 1880 g/mol. The van der Waals surface area contributed by atoms with Crippen LogP contribution in [0.25, 0.3) is 107 Å². The molecule has 696 valence electrons. The molecule has 2 aromatic heterocycles. The molecule has 0 unspecified atom stereocenters. The smallest absolute Gasteiger partial charge is 0.0543 e. The van der Waals surface area contributed by atoms with Crippen molar-refractivity contribution in [2.45, 2.75) is 151 Å². The number of hydrogen-bond donors (Lipinski definition) is 0. The van der Waals surface area contributed by atoms with Gasteiger partial charge in [-0.3, -0.25) is 0 Å².